The number of nitrogens with zero attached hydrogens (tertiary/aromatic N) is 1. The molecule has 7 rings (SSSR count). The van der Waals surface area contributed by atoms with Crippen LogP contribution in [-0.4, -0.2) is 16.2 Å². The average molecular weight is 348 g/mol. The van der Waals surface area contributed by atoms with E-state index in [1.807, 2.05) is 6.20 Å². The normalized spacial score (nSPS) is 39.5. The lowest BCUT2D eigenvalue weighted by Gasteiger charge is -2.57. The third-order valence-electron chi connectivity index (χ3n) is 7.70. The van der Waals surface area contributed by atoms with E-state index in [4.69, 9.17) is 4.99 Å². The molecule has 136 valence electrons. The molecule has 2 heterocycles. The molecular weight excluding hydrogens is 318 g/mol. The van der Waals surface area contributed by atoms with Crippen molar-refractivity contribution in [2.24, 2.45) is 22.7 Å². The summed E-state index contributed by atoms with van der Waals surface area (Å²) in [4.78, 5) is 8.47. The Morgan fingerprint density at radius 1 is 1.00 bits per heavy atom. The molecule has 26 heavy (non-hydrogen) atoms. The highest BCUT2D eigenvalue weighted by atomic mass is 15.0. The van der Waals surface area contributed by atoms with Gasteiger partial charge in [-0.2, -0.15) is 0 Å². The largest absolute Gasteiger partial charge is 0.384 e. The molecule has 0 atom stereocenters. The average Bonchev–Trinajstić information content (AvgIpc) is 3.27. The van der Waals surface area contributed by atoms with Crippen LogP contribution in [0.1, 0.15) is 69.9 Å². The van der Waals surface area contributed by atoms with Gasteiger partial charge in [-0.1, -0.05) is 0 Å². The van der Waals surface area contributed by atoms with Gasteiger partial charge in [0.1, 0.15) is 0 Å². The Morgan fingerprint density at radius 3 is 2.35 bits per heavy atom. The van der Waals surface area contributed by atoms with Gasteiger partial charge in [0.05, 0.1) is 17.1 Å². The number of rotatable bonds is 3. The molecule has 1 aliphatic heterocycles. The topological polar surface area (TPSA) is 40.2 Å². The first kappa shape index (κ1) is 15.3. The minimum absolute atomic E-state index is 0.377. The Labute approximate surface area is 156 Å². The third kappa shape index (κ3) is 2.35. The van der Waals surface area contributed by atoms with E-state index >= 15 is 0 Å². The summed E-state index contributed by atoms with van der Waals surface area (Å²) in [5, 5.41) is 3.95. The molecular formula is C23H29N3. The quantitative estimate of drug-likeness (QED) is 0.786. The van der Waals surface area contributed by atoms with Crippen LogP contribution in [0.3, 0.4) is 0 Å². The smallest absolute Gasteiger partial charge is 0.0907 e. The SMILES string of the molecule is C(/NC12CC3CC(CC(C3)C1)C2)=C1\N=C(c2ccc[nH]2)C2=C1CCCC2. The monoisotopic (exact) mass is 347 g/mol. The van der Waals surface area contributed by atoms with Crippen LogP contribution in [0.5, 0.6) is 0 Å². The van der Waals surface area contributed by atoms with Crippen LogP contribution >= 0.6 is 0 Å². The number of allylic oxidation sites excluding steroid dienone is 2. The predicted octanol–water partition coefficient (Wildman–Crippen LogP) is 5.09. The summed E-state index contributed by atoms with van der Waals surface area (Å²) in [6, 6.07) is 4.24. The van der Waals surface area contributed by atoms with E-state index in [0.29, 0.717) is 5.54 Å². The van der Waals surface area contributed by atoms with Crippen molar-refractivity contribution in [1.82, 2.24) is 10.3 Å². The van der Waals surface area contributed by atoms with Gasteiger partial charge in [0.2, 0.25) is 0 Å². The molecule has 0 unspecified atom stereocenters. The lowest BCUT2D eigenvalue weighted by Crippen LogP contribution is -2.57. The molecule has 3 nitrogen and oxygen atoms in total. The van der Waals surface area contributed by atoms with Crippen LogP contribution in [-0.2, 0) is 0 Å². The van der Waals surface area contributed by atoms with Gasteiger partial charge in [0, 0.05) is 17.9 Å². The lowest BCUT2D eigenvalue weighted by atomic mass is 9.53. The van der Waals surface area contributed by atoms with Gasteiger partial charge in [-0.15, -0.1) is 0 Å². The second kappa shape index (κ2) is 5.61. The van der Waals surface area contributed by atoms with E-state index in [9.17, 15) is 0 Å². The highest BCUT2D eigenvalue weighted by molar-refractivity contribution is 6.15. The van der Waals surface area contributed by atoms with E-state index < -0.39 is 0 Å². The minimum atomic E-state index is 0.377. The molecule has 1 aromatic rings. The summed E-state index contributed by atoms with van der Waals surface area (Å²) >= 11 is 0. The highest BCUT2D eigenvalue weighted by Gasteiger charge is 2.50. The molecule has 0 amide bonds. The Morgan fingerprint density at radius 2 is 1.69 bits per heavy atom. The zero-order valence-electron chi connectivity index (χ0n) is 15.6. The van der Waals surface area contributed by atoms with Crippen molar-refractivity contribution < 1.29 is 0 Å². The van der Waals surface area contributed by atoms with Gasteiger partial charge in [-0.05, 0) is 105 Å². The summed E-state index contributed by atoms with van der Waals surface area (Å²) in [7, 11) is 0. The standard InChI is InChI=1S/C23H29N3/c1-2-5-19-18(4-1)21(26-22(19)20-6-3-7-24-20)14-25-23-11-15-8-16(12-23)10-17(9-15)13-23/h3,6-7,14-17,24-25H,1-2,4-5,8-13H2/b21-14+. The van der Waals surface area contributed by atoms with Gasteiger partial charge in [0.25, 0.3) is 0 Å². The first-order valence-corrected chi connectivity index (χ1v) is 10.7. The number of aliphatic imine (C=N–C) groups is 1. The summed E-state index contributed by atoms with van der Waals surface area (Å²) in [5.41, 5.74) is 6.98. The van der Waals surface area contributed by atoms with Crippen molar-refractivity contribution >= 4 is 5.71 Å². The predicted molar refractivity (Wildman–Crippen MR) is 105 cm³/mol. The van der Waals surface area contributed by atoms with Crippen molar-refractivity contribution in [3.05, 3.63) is 47.1 Å². The Balaban J connectivity index is 1.32. The molecule has 0 radical (unpaired) electrons. The van der Waals surface area contributed by atoms with Crippen LogP contribution in [0.2, 0.25) is 0 Å². The molecule has 3 heteroatoms. The molecule has 5 aliphatic carbocycles. The second-order valence-electron chi connectivity index (χ2n) is 9.58. The van der Waals surface area contributed by atoms with Gasteiger partial charge < -0.3 is 10.3 Å². The minimum Gasteiger partial charge on any atom is -0.384 e. The summed E-state index contributed by atoms with van der Waals surface area (Å²) in [5.74, 6) is 2.95. The van der Waals surface area contributed by atoms with Crippen molar-refractivity contribution in [3.63, 3.8) is 0 Å². The molecule has 1 aromatic heterocycles. The van der Waals surface area contributed by atoms with Crippen molar-refractivity contribution in [1.29, 1.82) is 0 Å². The van der Waals surface area contributed by atoms with Crippen LogP contribution in [0.4, 0.5) is 0 Å². The van der Waals surface area contributed by atoms with E-state index in [1.165, 1.54) is 92.5 Å². The maximum atomic E-state index is 5.10. The Hall–Kier alpha value is -1.77. The number of nitrogens with one attached hydrogen (secondary N) is 2. The molecule has 6 aliphatic rings. The maximum Gasteiger partial charge on any atom is 0.0907 e. The molecule has 4 fully saturated rings. The maximum absolute atomic E-state index is 5.10. The van der Waals surface area contributed by atoms with Crippen LogP contribution < -0.4 is 5.32 Å². The zero-order valence-corrected chi connectivity index (χ0v) is 15.6. The van der Waals surface area contributed by atoms with Crippen LogP contribution in [0.25, 0.3) is 0 Å². The van der Waals surface area contributed by atoms with Crippen molar-refractivity contribution in [3.8, 4) is 0 Å². The second-order valence-corrected chi connectivity index (χ2v) is 9.58. The van der Waals surface area contributed by atoms with E-state index in [-0.39, 0.29) is 0 Å². The number of H-pyrrole nitrogens is 1. The molecule has 4 bridgehead atoms. The Bertz CT molecular complexity index is 773. The lowest BCUT2D eigenvalue weighted by molar-refractivity contribution is -0.0130. The van der Waals surface area contributed by atoms with Crippen LogP contribution in [0, 0.1) is 17.8 Å². The fourth-order valence-corrected chi connectivity index (χ4v) is 7.03. The molecule has 2 N–H and O–H groups in total. The first-order valence-electron chi connectivity index (χ1n) is 10.7. The number of aromatic amines is 1. The number of hydrogen-bond donors (Lipinski definition) is 2. The molecule has 4 saturated carbocycles. The van der Waals surface area contributed by atoms with Gasteiger partial charge in [-0.3, -0.25) is 0 Å². The van der Waals surface area contributed by atoms with Gasteiger partial charge >= 0.3 is 0 Å². The van der Waals surface area contributed by atoms with Gasteiger partial charge in [0.15, 0.2) is 0 Å². The van der Waals surface area contributed by atoms with E-state index in [2.05, 4.69) is 28.6 Å². The van der Waals surface area contributed by atoms with Gasteiger partial charge in [-0.25, -0.2) is 4.99 Å². The summed E-state index contributed by atoms with van der Waals surface area (Å²) in [6.45, 7) is 0. The fourth-order valence-electron chi connectivity index (χ4n) is 7.03. The third-order valence-corrected chi connectivity index (χ3v) is 7.70. The van der Waals surface area contributed by atoms with Crippen molar-refractivity contribution in [2.45, 2.75) is 69.7 Å². The van der Waals surface area contributed by atoms with Crippen LogP contribution in [0.15, 0.2) is 46.4 Å². The summed E-state index contributed by atoms with van der Waals surface area (Å²) in [6.07, 6.45) is 18.0. The number of aromatic nitrogens is 1. The van der Waals surface area contributed by atoms with E-state index in [0.717, 1.165) is 17.8 Å². The van der Waals surface area contributed by atoms with Crippen molar-refractivity contribution in [2.75, 3.05) is 0 Å². The molecule has 0 aromatic carbocycles. The zero-order chi connectivity index (χ0) is 17.1. The number of hydrogen-bond acceptors (Lipinski definition) is 2. The molecule has 0 saturated heterocycles. The van der Waals surface area contributed by atoms with E-state index in [1.54, 1.807) is 0 Å². The summed E-state index contributed by atoms with van der Waals surface area (Å²) < 4.78 is 0. The molecule has 0 spiro atoms. The first-order chi connectivity index (χ1) is 12.8. The highest BCUT2D eigenvalue weighted by Crippen LogP contribution is 2.55. The Kier molecular flexibility index (Phi) is 3.30. The fraction of sp³-hybridized carbons (Fsp3) is 0.609.